The molecule has 2 aromatic rings. The molecule has 0 aliphatic rings. The zero-order valence-corrected chi connectivity index (χ0v) is 16.8. The van der Waals surface area contributed by atoms with Gasteiger partial charge in [0, 0.05) is 8.95 Å². The van der Waals surface area contributed by atoms with Gasteiger partial charge in [0.1, 0.15) is 0 Å². The van der Waals surface area contributed by atoms with Gasteiger partial charge in [-0.1, -0.05) is 55.1 Å². The molecule has 0 aromatic heterocycles. The van der Waals surface area contributed by atoms with Crippen LogP contribution in [0.15, 0.2) is 50.2 Å². The highest BCUT2D eigenvalue weighted by Gasteiger charge is 2.07. The fraction of sp³-hybridized carbons (Fsp3) is 0. The Morgan fingerprint density at radius 2 is 1.50 bits per heavy atom. The summed E-state index contributed by atoms with van der Waals surface area (Å²) >= 11 is 20.9. The van der Waals surface area contributed by atoms with E-state index in [9.17, 15) is 9.00 Å². The van der Waals surface area contributed by atoms with E-state index in [1.165, 1.54) is 6.07 Å². The molecule has 0 spiro atoms. The summed E-state index contributed by atoms with van der Waals surface area (Å²) in [6.07, 6.45) is 0. The lowest BCUT2D eigenvalue weighted by molar-refractivity contribution is 0.108. The molecule has 0 fully saturated rings. The SMILES string of the molecule is O=C(Cl)c1cc(Br)ccc1Cl.O=S(O)c1cc(Br)ccc1Cl. The van der Waals surface area contributed by atoms with Gasteiger partial charge in [-0.15, -0.1) is 0 Å². The van der Waals surface area contributed by atoms with Gasteiger partial charge in [-0.05, 0) is 48.0 Å². The second-order valence-corrected chi connectivity index (χ2v) is 7.65. The maximum absolute atomic E-state index is 10.7. The molecule has 1 unspecified atom stereocenters. The van der Waals surface area contributed by atoms with Crippen molar-refractivity contribution in [2.45, 2.75) is 4.90 Å². The van der Waals surface area contributed by atoms with Gasteiger partial charge >= 0.3 is 0 Å². The average molecular weight is 509 g/mol. The lowest BCUT2D eigenvalue weighted by atomic mass is 10.2. The lowest BCUT2D eigenvalue weighted by Crippen LogP contribution is -1.89. The Morgan fingerprint density at radius 3 is 1.91 bits per heavy atom. The maximum atomic E-state index is 10.7. The van der Waals surface area contributed by atoms with Crippen molar-refractivity contribution in [1.82, 2.24) is 0 Å². The average Bonchev–Trinajstić information content (AvgIpc) is 2.44. The first-order chi connectivity index (χ1) is 10.2. The number of hydrogen-bond donors (Lipinski definition) is 1. The zero-order valence-electron chi connectivity index (χ0n) is 10.5. The van der Waals surface area contributed by atoms with Crippen molar-refractivity contribution in [3.8, 4) is 0 Å². The fourth-order valence-corrected chi connectivity index (χ4v) is 3.32. The highest BCUT2D eigenvalue weighted by Crippen LogP contribution is 2.23. The summed E-state index contributed by atoms with van der Waals surface area (Å²) in [6, 6.07) is 9.72. The third-order valence-electron chi connectivity index (χ3n) is 2.22. The summed E-state index contributed by atoms with van der Waals surface area (Å²) in [5, 5.41) is 0.124. The quantitative estimate of drug-likeness (QED) is 0.390. The van der Waals surface area contributed by atoms with Crippen LogP contribution in [0.3, 0.4) is 0 Å². The van der Waals surface area contributed by atoms with Gasteiger partial charge in [-0.2, -0.15) is 0 Å². The third kappa shape index (κ3) is 6.28. The van der Waals surface area contributed by atoms with Gasteiger partial charge in [0.2, 0.25) is 0 Å². The Hall–Kier alpha value is 0.0500. The van der Waals surface area contributed by atoms with Crippen LogP contribution < -0.4 is 0 Å². The molecule has 0 bridgehead atoms. The molecule has 0 aliphatic heterocycles. The molecule has 1 atom stereocenters. The molecule has 118 valence electrons. The number of benzene rings is 2. The van der Waals surface area contributed by atoms with Crippen LogP contribution in [0.25, 0.3) is 0 Å². The Balaban J connectivity index is 0.000000220. The number of carbonyl (C=O) groups is 1. The van der Waals surface area contributed by atoms with Crippen molar-refractivity contribution < 1.29 is 13.6 Å². The second kappa shape index (κ2) is 9.37. The van der Waals surface area contributed by atoms with Crippen LogP contribution in [0, 0.1) is 0 Å². The summed E-state index contributed by atoms with van der Waals surface area (Å²) in [5.74, 6) is 0. The molecule has 0 aliphatic carbocycles. The molecule has 2 rings (SSSR count). The second-order valence-electron chi connectivity index (χ2n) is 3.72. The summed E-state index contributed by atoms with van der Waals surface area (Å²) in [6.45, 7) is 0. The highest BCUT2D eigenvalue weighted by molar-refractivity contribution is 9.10. The van der Waals surface area contributed by atoms with Crippen molar-refractivity contribution >= 4 is 83.0 Å². The van der Waals surface area contributed by atoms with Gasteiger partial charge < -0.3 is 4.55 Å². The van der Waals surface area contributed by atoms with Gasteiger partial charge in [0.15, 0.2) is 11.1 Å². The van der Waals surface area contributed by atoms with Crippen molar-refractivity contribution in [3.05, 3.63) is 61.0 Å². The molecule has 9 heteroatoms. The van der Waals surface area contributed by atoms with E-state index in [4.69, 9.17) is 39.4 Å². The van der Waals surface area contributed by atoms with Gasteiger partial charge in [-0.3, -0.25) is 4.79 Å². The normalized spacial score (nSPS) is 11.4. The summed E-state index contributed by atoms with van der Waals surface area (Å²) in [4.78, 5) is 10.9. The van der Waals surface area contributed by atoms with E-state index in [0.29, 0.717) is 15.6 Å². The smallest absolute Gasteiger partial charge is 0.253 e. The fourth-order valence-electron chi connectivity index (χ4n) is 1.26. The van der Waals surface area contributed by atoms with E-state index >= 15 is 0 Å². The van der Waals surface area contributed by atoms with Gasteiger partial charge in [0.05, 0.1) is 20.5 Å². The Labute approximate surface area is 161 Å². The highest BCUT2D eigenvalue weighted by atomic mass is 79.9. The molecule has 2 aromatic carbocycles. The first-order valence-electron chi connectivity index (χ1n) is 5.43. The topological polar surface area (TPSA) is 54.4 Å². The molecule has 0 radical (unpaired) electrons. The predicted octanol–water partition coefficient (Wildman–Crippen LogP) is 6.16. The first kappa shape index (κ1) is 20.1. The maximum Gasteiger partial charge on any atom is 0.253 e. The molecule has 3 nitrogen and oxygen atoms in total. The van der Waals surface area contributed by atoms with Crippen LogP contribution in [0.1, 0.15) is 10.4 Å². The number of carbonyl (C=O) groups excluding carboxylic acids is 1. The van der Waals surface area contributed by atoms with E-state index < -0.39 is 16.3 Å². The summed E-state index contributed by atoms with van der Waals surface area (Å²) < 4.78 is 20.8. The number of rotatable bonds is 2. The van der Waals surface area contributed by atoms with Crippen molar-refractivity contribution in [2.24, 2.45) is 0 Å². The molecule has 0 saturated heterocycles. The van der Waals surface area contributed by atoms with Crippen LogP contribution in [-0.4, -0.2) is 14.0 Å². The first-order valence-corrected chi connectivity index (χ1v) is 9.26. The monoisotopic (exact) mass is 506 g/mol. The molecule has 22 heavy (non-hydrogen) atoms. The zero-order chi connectivity index (χ0) is 16.9. The van der Waals surface area contributed by atoms with Crippen LogP contribution in [0.5, 0.6) is 0 Å². The van der Waals surface area contributed by atoms with Gasteiger partial charge in [0.25, 0.3) is 5.24 Å². The number of hydrogen-bond acceptors (Lipinski definition) is 2. The van der Waals surface area contributed by atoms with E-state index in [1.54, 1.807) is 30.3 Å². The van der Waals surface area contributed by atoms with Gasteiger partial charge in [-0.25, -0.2) is 4.21 Å². The van der Waals surface area contributed by atoms with E-state index in [1.807, 2.05) is 0 Å². The van der Waals surface area contributed by atoms with Crippen LogP contribution in [0.4, 0.5) is 0 Å². The molecular formula is C13H7Br2Cl3O3S. The Morgan fingerprint density at radius 1 is 1.00 bits per heavy atom. The standard InChI is InChI=1S/C7H3BrCl2O.C6H4BrClO2S/c8-4-1-2-6(9)5(3-4)7(10)11;7-4-1-2-5(8)6(3-4)11(9)10/h1-3H;1-3H,(H,9,10). The van der Waals surface area contributed by atoms with Crippen LogP contribution in [-0.2, 0) is 11.1 Å². The van der Waals surface area contributed by atoms with Crippen molar-refractivity contribution in [2.75, 3.05) is 0 Å². The largest absolute Gasteiger partial charge is 0.302 e. The molecule has 0 amide bonds. The minimum Gasteiger partial charge on any atom is -0.302 e. The van der Waals surface area contributed by atoms with Crippen molar-refractivity contribution in [1.29, 1.82) is 0 Å². The molecule has 0 heterocycles. The summed E-state index contributed by atoms with van der Waals surface area (Å²) in [7, 11) is 0. The molecule has 1 N–H and O–H groups in total. The Bertz CT molecular complexity index is 664. The number of halogens is 5. The molecular weight excluding hydrogens is 502 g/mol. The van der Waals surface area contributed by atoms with Crippen LogP contribution in [0.2, 0.25) is 10.0 Å². The van der Waals surface area contributed by atoms with E-state index in [0.717, 1.165) is 8.95 Å². The Kier molecular flexibility index (Phi) is 8.56. The van der Waals surface area contributed by atoms with E-state index in [2.05, 4.69) is 31.9 Å². The minimum atomic E-state index is -2.01. The predicted molar refractivity (Wildman–Crippen MR) is 97.5 cm³/mol. The summed E-state index contributed by atoms with van der Waals surface area (Å²) in [5.41, 5.74) is 0.322. The van der Waals surface area contributed by atoms with Crippen molar-refractivity contribution in [3.63, 3.8) is 0 Å². The minimum absolute atomic E-state index is 0.223. The molecule has 0 saturated carbocycles. The van der Waals surface area contributed by atoms with Crippen LogP contribution >= 0.6 is 66.7 Å². The van der Waals surface area contributed by atoms with E-state index in [-0.39, 0.29) is 4.90 Å². The lowest BCUT2D eigenvalue weighted by Gasteiger charge is -1.98. The third-order valence-corrected chi connectivity index (χ3v) is 4.90.